The zero-order chi connectivity index (χ0) is 27.2. The molecule has 1 saturated carbocycles. The Morgan fingerprint density at radius 1 is 1.17 bits per heavy atom. The second-order valence-electron chi connectivity index (χ2n) is 10.3. The molecular formula is C26H36O10. The average molecular weight is 509 g/mol. The van der Waals surface area contributed by atoms with Crippen molar-refractivity contribution < 1.29 is 48.3 Å². The van der Waals surface area contributed by atoms with Crippen LogP contribution in [0.15, 0.2) is 22.8 Å². The molecule has 0 unspecified atom stereocenters. The summed E-state index contributed by atoms with van der Waals surface area (Å²) in [5.41, 5.74) is -4.90. The smallest absolute Gasteiger partial charge is 0.341 e. The molecule has 10 heteroatoms. The van der Waals surface area contributed by atoms with Gasteiger partial charge in [-0.15, -0.1) is 0 Å². The van der Waals surface area contributed by atoms with E-state index >= 15 is 0 Å². The van der Waals surface area contributed by atoms with Gasteiger partial charge in [-0.25, -0.2) is 9.59 Å². The van der Waals surface area contributed by atoms with E-state index in [1.165, 1.54) is 6.92 Å². The quantitative estimate of drug-likeness (QED) is 0.237. The maximum atomic E-state index is 12.8. The van der Waals surface area contributed by atoms with E-state index in [-0.39, 0.29) is 19.3 Å². The summed E-state index contributed by atoms with van der Waals surface area (Å²) in [6.07, 6.45) is -1.52. The van der Waals surface area contributed by atoms with Gasteiger partial charge in [-0.2, -0.15) is 0 Å². The molecule has 0 aromatic carbocycles. The molecule has 2 N–H and O–H groups in total. The van der Waals surface area contributed by atoms with Crippen LogP contribution in [0.1, 0.15) is 74.1 Å². The van der Waals surface area contributed by atoms with E-state index in [9.17, 15) is 29.4 Å². The van der Waals surface area contributed by atoms with Crippen molar-refractivity contribution in [2.45, 2.75) is 109 Å². The molecule has 0 spiro atoms. The van der Waals surface area contributed by atoms with E-state index in [0.29, 0.717) is 23.1 Å². The number of allylic oxidation sites excluding steroid dienone is 1. The highest BCUT2D eigenvalue weighted by Gasteiger charge is 2.74. The van der Waals surface area contributed by atoms with E-state index in [2.05, 4.69) is 0 Å². The fourth-order valence-electron chi connectivity index (χ4n) is 5.60. The average Bonchev–Trinajstić information content (AvgIpc) is 3.16. The van der Waals surface area contributed by atoms with Crippen LogP contribution in [-0.4, -0.2) is 69.2 Å². The first kappa shape index (κ1) is 27.9. The Labute approximate surface area is 210 Å². The third kappa shape index (κ3) is 4.34. The minimum atomic E-state index is -2.44. The van der Waals surface area contributed by atoms with Gasteiger partial charge in [0.15, 0.2) is 17.3 Å². The van der Waals surface area contributed by atoms with Crippen LogP contribution >= 0.6 is 0 Å². The third-order valence-corrected chi connectivity index (χ3v) is 7.78. The van der Waals surface area contributed by atoms with Crippen LogP contribution in [0.5, 0.6) is 0 Å². The topological polar surface area (TPSA) is 146 Å². The molecule has 7 atom stereocenters. The summed E-state index contributed by atoms with van der Waals surface area (Å²) in [6, 6.07) is 0. The summed E-state index contributed by atoms with van der Waals surface area (Å²) >= 11 is 0. The van der Waals surface area contributed by atoms with Gasteiger partial charge in [0, 0.05) is 31.3 Å². The monoisotopic (exact) mass is 508 g/mol. The molecule has 200 valence electrons. The summed E-state index contributed by atoms with van der Waals surface area (Å²) in [7, 11) is 0. The minimum Gasteiger partial charge on any atom is -0.459 e. The largest absolute Gasteiger partial charge is 0.459 e. The van der Waals surface area contributed by atoms with E-state index in [1.807, 2.05) is 0 Å². The Bertz CT molecular complexity index is 1020. The van der Waals surface area contributed by atoms with Crippen LogP contribution in [0, 0.1) is 5.92 Å². The molecule has 36 heavy (non-hydrogen) atoms. The van der Waals surface area contributed by atoms with Crippen molar-refractivity contribution >= 4 is 23.9 Å². The molecule has 0 bridgehead atoms. The van der Waals surface area contributed by atoms with Gasteiger partial charge in [0.25, 0.3) is 0 Å². The fraction of sp³-hybridized carbons (Fsp3) is 0.692. The molecule has 0 amide bonds. The van der Waals surface area contributed by atoms with Crippen LogP contribution in [0.2, 0.25) is 0 Å². The molecular weight excluding hydrogens is 472 g/mol. The van der Waals surface area contributed by atoms with Gasteiger partial charge in [0.1, 0.15) is 17.8 Å². The second kappa shape index (κ2) is 9.63. The van der Waals surface area contributed by atoms with Crippen molar-refractivity contribution in [1.82, 2.24) is 0 Å². The number of hydrogen-bond acceptors (Lipinski definition) is 10. The van der Waals surface area contributed by atoms with Gasteiger partial charge in [-0.1, -0.05) is 13.0 Å². The second-order valence-corrected chi connectivity index (χ2v) is 10.3. The lowest BCUT2D eigenvalue weighted by Gasteiger charge is -2.41. The zero-order valence-corrected chi connectivity index (χ0v) is 21.9. The van der Waals surface area contributed by atoms with E-state index in [1.54, 1.807) is 40.7 Å². The molecule has 3 aliphatic rings. The number of carbonyl (C=O) groups excluding carboxylic acids is 4. The Hall–Kier alpha value is -2.72. The summed E-state index contributed by atoms with van der Waals surface area (Å²) in [5.74, 6) is -3.53. The number of esters is 4. The molecule has 10 nitrogen and oxygen atoms in total. The van der Waals surface area contributed by atoms with Crippen molar-refractivity contribution in [2.75, 3.05) is 0 Å². The molecule has 3 rings (SSSR count). The maximum absolute atomic E-state index is 12.8. The van der Waals surface area contributed by atoms with Gasteiger partial charge in [0.2, 0.25) is 0 Å². The van der Waals surface area contributed by atoms with Crippen molar-refractivity contribution in [3.05, 3.63) is 22.8 Å². The minimum absolute atomic E-state index is 0.0476. The number of ether oxygens (including phenoxy) is 4. The summed E-state index contributed by atoms with van der Waals surface area (Å²) in [5, 5.41) is 23.2. The predicted molar refractivity (Wildman–Crippen MR) is 125 cm³/mol. The van der Waals surface area contributed by atoms with Gasteiger partial charge in [-0.05, 0) is 58.6 Å². The molecule has 0 aromatic rings. The first-order valence-corrected chi connectivity index (χ1v) is 12.2. The first-order valence-electron chi connectivity index (χ1n) is 12.2. The lowest BCUT2D eigenvalue weighted by molar-refractivity contribution is -0.210. The van der Waals surface area contributed by atoms with Gasteiger partial charge in [0.05, 0.1) is 0 Å². The Kier molecular flexibility index (Phi) is 7.45. The number of hydrogen-bond donors (Lipinski definition) is 2. The first-order chi connectivity index (χ1) is 16.6. The van der Waals surface area contributed by atoms with Crippen LogP contribution in [0.4, 0.5) is 0 Å². The standard InChI is InChI=1S/C26H36O10/c1-8-10-19(28)34-18-12-24(6,36-15(5)27)16-11-17(33-22(29)13(3)9-2)14(4)20(16)21-26(18,32)25(7,31)23(30)35-21/h9,16-18,21,31-32H,8,10-12H2,1-7H3/b13-9+/t16-,17+,18-,21-,24-,25+,26+/m0/s1. The molecule has 0 aromatic heterocycles. The highest BCUT2D eigenvalue weighted by atomic mass is 16.6. The third-order valence-electron chi connectivity index (χ3n) is 7.78. The summed E-state index contributed by atoms with van der Waals surface area (Å²) < 4.78 is 22.7. The van der Waals surface area contributed by atoms with Crippen LogP contribution < -0.4 is 0 Å². The number of rotatable bonds is 6. The molecule has 1 aliphatic heterocycles. The normalized spacial score (nSPS) is 38.0. The lowest BCUT2D eigenvalue weighted by atomic mass is 9.75. The maximum Gasteiger partial charge on any atom is 0.341 e. The van der Waals surface area contributed by atoms with Crippen LogP contribution in [0.3, 0.4) is 0 Å². The van der Waals surface area contributed by atoms with E-state index in [0.717, 1.165) is 6.92 Å². The Morgan fingerprint density at radius 3 is 2.36 bits per heavy atom. The van der Waals surface area contributed by atoms with E-state index in [4.69, 9.17) is 18.9 Å². The molecule has 0 radical (unpaired) electrons. The van der Waals surface area contributed by atoms with Gasteiger partial charge >= 0.3 is 23.9 Å². The fourth-order valence-corrected chi connectivity index (χ4v) is 5.60. The van der Waals surface area contributed by atoms with Crippen molar-refractivity contribution in [3.63, 3.8) is 0 Å². The van der Waals surface area contributed by atoms with Crippen molar-refractivity contribution in [2.24, 2.45) is 5.92 Å². The van der Waals surface area contributed by atoms with Crippen LogP contribution in [0.25, 0.3) is 0 Å². The highest BCUT2D eigenvalue weighted by molar-refractivity contribution is 5.88. The number of carbonyl (C=O) groups is 4. The summed E-state index contributed by atoms with van der Waals surface area (Å²) in [6.45, 7) is 10.8. The lowest BCUT2D eigenvalue weighted by Crippen LogP contribution is -2.64. The zero-order valence-electron chi connectivity index (χ0n) is 21.9. The van der Waals surface area contributed by atoms with E-state index < -0.39 is 64.9 Å². The molecule has 1 saturated heterocycles. The molecule has 1 heterocycles. The highest BCUT2D eigenvalue weighted by Crippen LogP contribution is 2.56. The predicted octanol–water partition coefficient (Wildman–Crippen LogP) is 2.05. The number of fused-ring (bicyclic) bond motifs is 3. The number of aliphatic hydroxyl groups is 2. The van der Waals surface area contributed by atoms with Crippen molar-refractivity contribution in [3.8, 4) is 0 Å². The van der Waals surface area contributed by atoms with Crippen molar-refractivity contribution in [1.29, 1.82) is 0 Å². The Morgan fingerprint density at radius 2 is 1.81 bits per heavy atom. The van der Waals surface area contributed by atoms with Crippen LogP contribution in [-0.2, 0) is 38.1 Å². The SMILES string of the molecule is C/C=C(\C)C(=O)O[C@@H]1C[C@H]2C(=C1C)[C@@H]1OC(=O)[C@@](C)(O)[C@@]1(O)[C@@H](OC(=O)CCC)C[C@]2(C)OC(C)=O. The summed E-state index contributed by atoms with van der Waals surface area (Å²) in [4.78, 5) is 50.0. The van der Waals surface area contributed by atoms with Gasteiger partial charge in [-0.3, -0.25) is 9.59 Å². The molecule has 2 aliphatic carbocycles. The molecule has 2 fully saturated rings. The Balaban J connectivity index is 2.20. The van der Waals surface area contributed by atoms with Gasteiger partial charge < -0.3 is 29.2 Å².